The molecule has 0 radical (unpaired) electrons. The lowest BCUT2D eigenvalue weighted by Crippen LogP contribution is -2.48. The fourth-order valence-electron chi connectivity index (χ4n) is 3.51. The SMILES string of the molecule is CCCOC(=O)C(C)(C)N[P@](=O)(COC(C)Cn1cnc2c(N)ncnc21)NCc1ccc(C)cc1. The van der Waals surface area contributed by atoms with Crippen molar-refractivity contribution < 1.29 is 18.8 Å². The molecule has 0 saturated carbocycles. The van der Waals surface area contributed by atoms with Crippen LogP contribution in [0.25, 0.3) is 11.2 Å². The number of carbonyl (C=O) groups is 1. The summed E-state index contributed by atoms with van der Waals surface area (Å²) in [5.74, 6) is -0.171. The van der Waals surface area contributed by atoms with E-state index in [1.165, 1.54) is 6.33 Å². The molecule has 11 nitrogen and oxygen atoms in total. The first-order chi connectivity index (χ1) is 17.0. The molecule has 36 heavy (non-hydrogen) atoms. The molecule has 1 unspecified atom stereocenters. The third kappa shape index (κ3) is 7.33. The van der Waals surface area contributed by atoms with Crippen LogP contribution >= 0.6 is 7.44 Å². The third-order valence-corrected chi connectivity index (χ3v) is 7.59. The predicted molar refractivity (Wildman–Crippen MR) is 139 cm³/mol. The number of imidazole rings is 1. The molecule has 0 aliphatic rings. The summed E-state index contributed by atoms with van der Waals surface area (Å²) in [6.45, 7) is 10.1. The standard InChI is InChI=1S/C24H36N7O4P/c1-6-11-34-23(32)24(4,5)30-36(33,29-12-19-9-7-17(2)8-10-19)16-35-18(3)13-31-15-28-20-21(25)26-14-27-22(20)31/h7-10,14-15,18H,6,11-13,16H2,1-5H3,(H2,25,26,27)(H2,29,30,33)/t18?,36-/m0/s1. The van der Waals surface area contributed by atoms with E-state index in [0.717, 1.165) is 11.1 Å². The summed E-state index contributed by atoms with van der Waals surface area (Å²) in [5, 5.41) is 6.11. The minimum atomic E-state index is -3.40. The quantitative estimate of drug-likeness (QED) is 0.228. The van der Waals surface area contributed by atoms with E-state index in [1.807, 2.05) is 49.6 Å². The zero-order valence-electron chi connectivity index (χ0n) is 21.5. The maximum Gasteiger partial charge on any atom is 0.326 e. The van der Waals surface area contributed by atoms with Gasteiger partial charge in [-0.15, -0.1) is 0 Å². The largest absolute Gasteiger partial charge is 0.464 e. The molecular weight excluding hydrogens is 481 g/mol. The minimum absolute atomic E-state index is 0.145. The molecule has 2 aromatic heterocycles. The van der Waals surface area contributed by atoms with Crippen molar-refractivity contribution in [2.45, 2.75) is 65.8 Å². The number of hydrogen-bond donors (Lipinski definition) is 3. The van der Waals surface area contributed by atoms with E-state index in [2.05, 4.69) is 25.1 Å². The highest BCUT2D eigenvalue weighted by Crippen LogP contribution is 2.40. The average molecular weight is 518 g/mol. The summed E-state index contributed by atoms with van der Waals surface area (Å²) in [6, 6.07) is 7.92. The summed E-state index contributed by atoms with van der Waals surface area (Å²) >= 11 is 0. The molecule has 0 fully saturated rings. The van der Waals surface area contributed by atoms with Crippen LogP contribution in [0.3, 0.4) is 0 Å². The van der Waals surface area contributed by atoms with Crippen molar-refractivity contribution in [3.8, 4) is 0 Å². The zero-order valence-corrected chi connectivity index (χ0v) is 22.4. The number of nitrogens with two attached hydrogens (primary N) is 1. The van der Waals surface area contributed by atoms with Gasteiger partial charge in [-0.05, 0) is 39.7 Å². The lowest BCUT2D eigenvalue weighted by Gasteiger charge is -2.31. The molecule has 0 saturated heterocycles. The van der Waals surface area contributed by atoms with Crippen LogP contribution in [0, 0.1) is 6.92 Å². The van der Waals surface area contributed by atoms with E-state index in [4.69, 9.17) is 15.2 Å². The Morgan fingerprint density at radius 1 is 1.22 bits per heavy atom. The number of fused-ring (bicyclic) bond motifs is 1. The number of hydrogen-bond acceptors (Lipinski definition) is 8. The van der Waals surface area contributed by atoms with Gasteiger partial charge in [0.05, 0.1) is 25.6 Å². The number of nitrogens with one attached hydrogen (secondary N) is 2. The lowest BCUT2D eigenvalue weighted by molar-refractivity contribution is -0.149. The Morgan fingerprint density at radius 2 is 1.94 bits per heavy atom. The van der Waals surface area contributed by atoms with Crippen molar-refractivity contribution in [1.29, 1.82) is 0 Å². The Kier molecular flexibility index (Phi) is 9.19. The fourth-order valence-corrected chi connectivity index (χ4v) is 5.64. The van der Waals surface area contributed by atoms with Crippen molar-refractivity contribution in [2.75, 3.05) is 18.7 Å². The van der Waals surface area contributed by atoms with Gasteiger partial charge in [0.1, 0.15) is 23.7 Å². The van der Waals surface area contributed by atoms with Gasteiger partial charge >= 0.3 is 5.97 Å². The number of nitrogen functional groups attached to an aromatic ring is 1. The van der Waals surface area contributed by atoms with Gasteiger partial charge in [0.2, 0.25) is 7.44 Å². The van der Waals surface area contributed by atoms with E-state index < -0.39 is 19.0 Å². The van der Waals surface area contributed by atoms with E-state index >= 15 is 0 Å². The third-order valence-electron chi connectivity index (χ3n) is 5.49. The van der Waals surface area contributed by atoms with Crippen LogP contribution in [0.15, 0.2) is 36.9 Å². The second-order valence-electron chi connectivity index (χ2n) is 9.37. The Morgan fingerprint density at radius 3 is 2.64 bits per heavy atom. The van der Waals surface area contributed by atoms with Crippen molar-refractivity contribution in [1.82, 2.24) is 29.7 Å². The molecule has 3 aromatic rings. The molecule has 12 heteroatoms. The average Bonchev–Trinajstić information content (AvgIpc) is 3.24. The number of carbonyl (C=O) groups excluding carboxylic acids is 1. The normalized spacial score (nSPS) is 14.5. The van der Waals surface area contributed by atoms with Gasteiger partial charge in [-0.1, -0.05) is 36.8 Å². The maximum absolute atomic E-state index is 14.0. The van der Waals surface area contributed by atoms with Crippen molar-refractivity contribution in [3.63, 3.8) is 0 Å². The van der Waals surface area contributed by atoms with Crippen LogP contribution in [0.4, 0.5) is 5.82 Å². The number of anilines is 1. The van der Waals surface area contributed by atoms with E-state index in [1.54, 1.807) is 20.2 Å². The Hall–Kier alpha value is -2.85. The molecule has 4 N–H and O–H groups in total. The number of rotatable bonds is 13. The summed E-state index contributed by atoms with van der Waals surface area (Å²) in [7, 11) is -3.40. The van der Waals surface area contributed by atoms with Crippen LogP contribution in [0.2, 0.25) is 0 Å². The lowest BCUT2D eigenvalue weighted by atomic mass is 10.1. The van der Waals surface area contributed by atoms with Crippen LogP contribution in [0.1, 0.15) is 45.2 Å². The Labute approximate surface area is 211 Å². The smallest absolute Gasteiger partial charge is 0.326 e. The number of esters is 1. The molecule has 0 aliphatic heterocycles. The zero-order chi connectivity index (χ0) is 26.3. The molecule has 0 amide bonds. The van der Waals surface area contributed by atoms with E-state index in [0.29, 0.717) is 43.1 Å². The van der Waals surface area contributed by atoms with Crippen LogP contribution in [0.5, 0.6) is 0 Å². The van der Waals surface area contributed by atoms with Gasteiger partial charge in [-0.25, -0.2) is 25.1 Å². The van der Waals surface area contributed by atoms with Crippen LogP contribution in [-0.2, 0) is 31.9 Å². The molecule has 196 valence electrons. The van der Waals surface area contributed by atoms with Gasteiger partial charge in [0.15, 0.2) is 11.5 Å². The first-order valence-corrected chi connectivity index (χ1v) is 13.8. The molecule has 3 rings (SSSR count). The summed E-state index contributed by atoms with van der Waals surface area (Å²) in [6.07, 6.45) is 3.22. The summed E-state index contributed by atoms with van der Waals surface area (Å²) in [4.78, 5) is 25.1. The van der Waals surface area contributed by atoms with Crippen molar-refractivity contribution in [3.05, 3.63) is 48.0 Å². The minimum Gasteiger partial charge on any atom is -0.464 e. The number of aromatic nitrogens is 4. The molecular formula is C24H36N7O4P. The van der Waals surface area contributed by atoms with Gasteiger partial charge in [-0.2, -0.15) is 0 Å². The second-order valence-corrected chi connectivity index (χ2v) is 11.6. The number of benzene rings is 1. The highest BCUT2D eigenvalue weighted by Gasteiger charge is 2.37. The molecule has 0 aliphatic carbocycles. The number of ether oxygens (including phenoxy) is 2. The van der Waals surface area contributed by atoms with E-state index in [9.17, 15) is 9.36 Å². The molecule has 0 spiro atoms. The first kappa shape index (κ1) is 27.7. The van der Waals surface area contributed by atoms with Crippen LogP contribution < -0.4 is 15.9 Å². The second kappa shape index (κ2) is 11.9. The first-order valence-electron chi connectivity index (χ1n) is 11.9. The highest BCUT2D eigenvalue weighted by atomic mass is 31.2. The molecule has 0 bridgehead atoms. The monoisotopic (exact) mass is 517 g/mol. The topological polar surface area (TPSA) is 146 Å². The van der Waals surface area contributed by atoms with Gasteiger partial charge in [-0.3, -0.25) is 9.36 Å². The van der Waals surface area contributed by atoms with Gasteiger partial charge < -0.3 is 19.8 Å². The molecule has 2 heterocycles. The van der Waals surface area contributed by atoms with Gasteiger partial charge in [0.25, 0.3) is 0 Å². The van der Waals surface area contributed by atoms with Crippen molar-refractivity contribution >= 4 is 30.4 Å². The van der Waals surface area contributed by atoms with Crippen LogP contribution in [-0.4, -0.2) is 50.1 Å². The van der Waals surface area contributed by atoms with E-state index in [-0.39, 0.29) is 12.5 Å². The van der Waals surface area contributed by atoms with Crippen molar-refractivity contribution in [2.24, 2.45) is 0 Å². The molecule has 1 aromatic carbocycles. The predicted octanol–water partition coefficient (Wildman–Crippen LogP) is 3.38. The fraction of sp³-hybridized carbons (Fsp3) is 0.500. The Bertz CT molecular complexity index is 1210. The highest BCUT2D eigenvalue weighted by molar-refractivity contribution is 7.59. The Balaban J connectivity index is 1.71. The summed E-state index contributed by atoms with van der Waals surface area (Å²) < 4.78 is 27.1. The number of aryl methyl sites for hydroxylation is 1. The van der Waals surface area contributed by atoms with Gasteiger partial charge in [0, 0.05) is 6.54 Å². The molecule has 2 atom stereocenters. The maximum atomic E-state index is 14.0. The number of nitrogens with zero attached hydrogens (tertiary/aromatic N) is 4. The summed E-state index contributed by atoms with van der Waals surface area (Å²) in [5.41, 5.74) is 7.89.